The first-order valence-electron chi connectivity index (χ1n) is 26.7. The molecule has 1 aromatic heterocycles. The highest BCUT2D eigenvalue weighted by molar-refractivity contribution is 7.01. The fourth-order valence-corrected chi connectivity index (χ4v) is 14.6. The van der Waals surface area contributed by atoms with Gasteiger partial charge in [-0.25, -0.2) is 0 Å². The van der Waals surface area contributed by atoms with Gasteiger partial charge in [0.05, 0.1) is 16.8 Å². The van der Waals surface area contributed by atoms with E-state index in [4.69, 9.17) is 0 Å². The van der Waals surface area contributed by atoms with Crippen molar-refractivity contribution in [1.29, 1.82) is 0 Å². The minimum atomic E-state index is -0.554. The molecule has 0 saturated heterocycles. The lowest BCUT2D eigenvalue weighted by Crippen LogP contribution is -2.50. The SMILES string of the molecule is CC1(C)c2ccccc2N(c2ccc3c(c2)C2(c4ccccc4-c4ccccc42)c2ccc(B4c5c(-c6ccccc6)cccc5-c5c4c(-c4ccccc4)c4ccccc4c5-c4ccncc4)cc2-3)c2ccccc21. The molecule has 0 amide bonds. The molecule has 0 fully saturated rings. The number of pyridine rings is 1. The van der Waals surface area contributed by atoms with Gasteiger partial charge in [0, 0.05) is 23.5 Å². The summed E-state index contributed by atoms with van der Waals surface area (Å²) in [5.41, 5.74) is 30.0. The van der Waals surface area contributed by atoms with Gasteiger partial charge in [-0.1, -0.05) is 243 Å². The average Bonchev–Trinajstić information content (AvgIpc) is 4.29. The van der Waals surface area contributed by atoms with Crippen LogP contribution in [0.2, 0.25) is 0 Å². The highest BCUT2D eigenvalue weighted by Crippen LogP contribution is 2.64. The van der Waals surface area contributed by atoms with Crippen molar-refractivity contribution in [2.24, 2.45) is 0 Å². The van der Waals surface area contributed by atoms with Crippen molar-refractivity contribution < 1.29 is 0 Å². The zero-order chi connectivity index (χ0) is 50.3. The second-order valence-corrected chi connectivity index (χ2v) is 21.6. The van der Waals surface area contributed by atoms with E-state index in [1.807, 2.05) is 12.4 Å². The highest BCUT2D eigenvalue weighted by atomic mass is 15.2. The minimum absolute atomic E-state index is 0.112. The van der Waals surface area contributed by atoms with Gasteiger partial charge in [-0.2, -0.15) is 0 Å². The predicted molar refractivity (Wildman–Crippen MR) is 318 cm³/mol. The first kappa shape index (κ1) is 43.1. The van der Waals surface area contributed by atoms with Crippen molar-refractivity contribution in [3.63, 3.8) is 0 Å². The fraction of sp³-hybridized carbons (Fsp3) is 0.0548. The van der Waals surface area contributed by atoms with E-state index in [1.165, 1.54) is 139 Å². The van der Waals surface area contributed by atoms with Gasteiger partial charge in [0.25, 0.3) is 0 Å². The smallest absolute Gasteiger partial charge is 0.244 e. The Morgan fingerprint density at radius 1 is 0.342 bits per heavy atom. The van der Waals surface area contributed by atoms with Crippen LogP contribution in [0.15, 0.2) is 261 Å². The van der Waals surface area contributed by atoms with Gasteiger partial charge >= 0.3 is 0 Å². The Kier molecular flexibility index (Phi) is 9.13. The van der Waals surface area contributed by atoms with Crippen molar-refractivity contribution in [3.8, 4) is 66.8 Å². The zero-order valence-electron chi connectivity index (χ0n) is 42.3. The van der Waals surface area contributed by atoms with Crippen LogP contribution in [0.5, 0.6) is 0 Å². The topological polar surface area (TPSA) is 16.1 Å². The van der Waals surface area contributed by atoms with Crippen molar-refractivity contribution in [2.75, 3.05) is 4.90 Å². The molecule has 354 valence electrons. The van der Waals surface area contributed by atoms with Crippen molar-refractivity contribution in [2.45, 2.75) is 24.7 Å². The van der Waals surface area contributed by atoms with E-state index in [1.54, 1.807) is 0 Å². The Morgan fingerprint density at radius 3 is 1.53 bits per heavy atom. The van der Waals surface area contributed by atoms with Gasteiger partial charge in [-0.05, 0) is 147 Å². The number of nitrogens with zero attached hydrogens (tertiary/aromatic N) is 2. The van der Waals surface area contributed by atoms with Crippen LogP contribution in [-0.2, 0) is 10.8 Å². The van der Waals surface area contributed by atoms with E-state index in [-0.39, 0.29) is 12.1 Å². The van der Waals surface area contributed by atoms with Crippen LogP contribution in [0.1, 0.15) is 47.2 Å². The number of benzene rings is 11. The summed E-state index contributed by atoms with van der Waals surface area (Å²) in [6, 6.07) is 94.1. The van der Waals surface area contributed by atoms with E-state index in [2.05, 4.69) is 272 Å². The van der Waals surface area contributed by atoms with E-state index in [0.717, 1.165) is 5.69 Å². The zero-order valence-corrected chi connectivity index (χ0v) is 42.3. The Labute approximate surface area is 444 Å². The lowest BCUT2D eigenvalue weighted by Gasteiger charge is -2.42. The van der Waals surface area contributed by atoms with Gasteiger partial charge < -0.3 is 4.90 Å². The number of rotatable bonds is 5. The molecule has 0 saturated carbocycles. The summed E-state index contributed by atoms with van der Waals surface area (Å²) in [5.74, 6) is 0. The number of hydrogen-bond donors (Lipinski definition) is 0. The monoisotopic (exact) mass is 964 g/mol. The minimum Gasteiger partial charge on any atom is -0.310 e. The largest absolute Gasteiger partial charge is 0.310 e. The summed E-state index contributed by atoms with van der Waals surface area (Å²) in [6.07, 6.45) is 3.88. The van der Waals surface area contributed by atoms with Gasteiger partial charge in [0.15, 0.2) is 0 Å². The molecule has 0 unspecified atom stereocenters. The van der Waals surface area contributed by atoms with E-state index >= 15 is 0 Å². The van der Waals surface area contributed by atoms with Crippen molar-refractivity contribution >= 4 is 50.9 Å². The normalized spacial score (nSPS) is 14.3. The molecule has 0 bridgehead atoms. The summed E-state index contributed by atoms with van der Waals surface area (Å²) >= 11 is 0. The summed E-state index contributed by atoms with van der Waals surface area (Å²) in [6.45, 7) is 4.63. The molecule has 2 nitrogen and oxygen atoms in total. The highest BCUT2D eigenvalue weighted by Gasteiger charge is 2.53. The molecule has 2 aliphatic carbocycles. The number of para-hydroxylation sites is 2. The third-order valence-corrected chi connectivity index (χ3v) is 17.6. The standard InChI is InChI=1S/C73H49BN2/c1-72(2)62-32-15-17-34-65(62)76(66-35-18-16-33-63(66)72)50-37-38-54-58-44-49(36-39-61(58)73(64(54)45-50)59-30-13-11-24-52(59)53-25-12-14-31-60(53)73)74-70-51(46-20-5-3-6-21-46)28-19-29-57(70)69-67(48-40-42-75-43-41-48)55-26-9-10-27-56(55)68(71(69)74)47-22-7-4-8-23-47/h3-45H,1-2H3. The van der Waals surface area contributed by atoms with Crippen LogP contribution in [0.4, 0.5) is 17.1 Å². The second-order valence-electron chi connectivity index (χ2n) is 21.6. The molecule has 1 spiro atoms. The lowest BCUT2D eigenvalue weighted by molar-refractivity contribution is 0.632. The van der Waals surface area contributed by atoms with Crippen molar-refractivity contribution in [3.05, 3.63) is 294 Å². The molecule has 3 heterocycles. The molecule has 11 aromatic carbocycles. The van der Waals surface area contributed by atoms with E-state index in [9.17, 15) is 0 Å². The van der Waals surface area contributed by atoms with Gasteiger partial charge in [0.2, 0.25) is 6.71 Å². The lowest BCUT2D eigenvalue weighted by atomic mass is 9.37. The third kappa shape index (κ3) is 5.75. The van der Waals surface area contributed by atoms with Crippen LogP contribution < -0.4 is 21.3 Å². The van der Waals surface area contributed by atoms with E-state index < -0.39 is 5.41 Å². The molecule has 16 rings (SSSR count). The average molecular weight is 965 g/mol. The van der Waals surface area contributed by atoms with Crippen LogP contribution in [0, 0.1) is 0 Å². The number of fused-ring (bicyclic) bond motifs is 16. The number of anilines is 3. The Hall–Kier alpha value is -9.31. The number of hydrogen-bond acceptors (Lipinski definition) is 2. The molecule has 12 aromatic rings. The molecule has 0 atom stereocenters. The van der Waals surface area contributed by atoms with Gasteiger partial charge in [0.1, 0.15) is 0 Å². The summed E-state index contributed by atoms with van der Waals surface area (Å²) < 4.78 is 0. The maximum absolute atomic E-state index is 4.54. The predicted octanol–water partition coefficient (Wildman–Crippen LogP) is 16.2. The van der Waals surface area contributed by atoms with Crippen LogP contribution in [0.3, 0.4) is 0 Å². The molecule has 2 aliphatic heterocycles. The van der Waals surface area contributed by atoms with E-state index in [0.29, 0.717) is 0 Å². The maximum atomic E-state index is 4.54. The Bertz CT molecular complexity index is 4290. The van der Waals surface area contributed by atoms with Crippen LogP contribution >= 0.6 is 0 Å². The third-order valence-electron chi connectivity index (χ3n) is 17.6. The molecular weight excluding hydrogens is 916 g/mol. The quantitative estimate of drug-likeness (QED) is 0.160. The van der Waals surface area contributed by atoms with Gasteiger partial charge in [-0.3, -0.25) is 4.98 Å². The second kappa shape index (κ2) is 16.1. The fourth-order valence-electron chi connectivity index (χ4n) is 14.6. The summed E-state index contributed by atoms with van der Waals surface area (Å²) in [5, 5.41) is 2.49. The summed E-state index contributed by atoms with van der Waals surface area (Å²) in [4.78, 5) is 7.06. The molecule has 0 N–H and O–H groups in total. The van der Waals surface area contributed by atoms with Crippen LogP contribution in [0.25, 0.3) is 77.5 Å². The maximum Gasteiger partial charge on any atom is 0.244 e. The first-order valence-corrected chi connectivity index (χ1v) is 26.7. The number of aromatic nitrogens is 1. The molecular formula is C73H49BN2. The Morgan fingerprint density at radius 2 is 0.855 bits per heavy atom. The molecule has 76 heavy (non-hydrogen) atoms. The Balaban J connectivity index is 1.01. The molecule has 0 radical (unpaired) electrons. The van der Waals surface area contributed by atoms with Crippen LogP contribution in [-0.4, -0.2) is 11.7 Å². The molecule has 4 aliphatic rings. The summed E-state index contributed by atoms with van der Waals surface area (Å²) in [7, 11) is 0. The van der Waals surface area contributed by atoms with Crippen molar-refractivity contribution in [1.82, 2.24) is 4.98 Å². The molecule has 3 heteroatoms. The van der Waals surface area contributed by atoms with Gasteiger partial charge in [-0.15, -0.1) is 0 Å². The first-order chi connectivity index (χ1) is 37.5.